The smallest absolute Gasteiger partial charge is 0.410 e. The highest BCUT2D eigenvalue weighted by Gasteiger charge is 2.38. The summed E-state index contributed by atoms with van der Waals surface area (Å²) in [6, 6.07) is 0. The lowest BCUT2D eigenvalue weighted by atomic mass is 9.77. The van der Waals surface area contributed by atoms with Crippen LogP contribution in [0.5, 0.6) is 0 Å². The van der Waals surface area contributed by atoms with E-state index in [9.17, 15) is 14.0 Å². The first-order valence-corrected chi connectivity index (χ1v) is 6.25. The molecule has 0 bridgehead atoms. The quantitative estimate of drug-likeness (QED) is 0.765. The van der Waals surface area contributed by atoms with Crippen LogP contribution in [-0.4, -0.2) is 42.1 Å². The van der Waals surface area contributed by atoms with Crippen molar-refractivity contribution in [3.63, 3.8) is 0 Å². The molecule has 0 aromatic rings. The zero-order chi connectivity index (χ0) is 14.0. The number of alkyl halides is 1. The Morgan fingerprint density at radius 3 is 2.17 bits per heavy atom. The summed E-state index contributed by atoms with van der Waals surface area (Å²) in [5.74, 6) is -0.369. The Bertz CT molecular complexity index is 328. The van der Waals surface area contributed by atoms with Gasteiger partial charge in [0, 0.05) is 18.5 Å². The summed E-state index contributed by atoms with van der Waals surface area (Å²) in [6.07, 6.45) is 0.626. The number of amides is 1. The monoisotopic (exact) mass is 259 g/mol. The molecule has 1 amide bonds. The summed E-state index contributed by atoms with van der Waals surface area (Å²) < 4.78 is 17.7. The lowest BCUT2D eigenvalue weighted by molar-refractivity contribution is -0.131. The van der Waals surface area contributed by atoms with Crippen molar-refractivity contribution in [3.05, 3.63) is 0 Å². The van der Waals surface area contributed by atoms with Gasteiger partial charge in [0.15, 0.2) is 5.78 Å². The van der Waals surface area contributed by atoms with Gasteiger partial charge in [-0.05, 0) is 33.6 Å². The van der Waals surface area contributed by atoms with Crippen LogP contribution in [0.15, 0.2) is 0 Å². The number of hydrogen-bond acceptors (Lipinski definition) is 3. The number of halogens is 1. The van der Waals surface area contributed by atoms with Gasteiger partial charge >= 0.3 is 6.09 Å². The summed E-state index contributed by atoms with van der Waals surface area (Å²) in [6.45, 7) is 7.15. The summed E-state index contributed by atoms with van der Waals surface area (Å²) in [5, 5.41) is 0. The molecule has 0 atom stereocenters. The molecule has 0 unspecified atom stereocenters. The highest BCUT2D eigenvalue weighted by Crippen LogP contribution is 2.32. The molecule has 0 spiro atoms. The number of rotatable bonds is 2. The van der Waals surface area contributed by atoms with E-state index in [0.717, 1.165) is 0 Å². The van der Waals surface area contributed by atoms with Crippen molar-refractivity contribution in [1.82, 2.24) is 4.90 Å². The van der Waals surface area contributed by atoms with E-state index >= 15 is 0 Å². The molecule has 18 heavy (non-hydrogen) atoms. The second-order valence-electron chi connectivity index (χ2n) is 6.08. The number of piperidine rings is 1. The van der Waals surface area contributed by atoms with Crippen LogP contribution in [0.2, 0.25) is 0 Å². The molecule has 1 saturated heterocycles. The van der Waals surface area contributed by atoms with Gasteiger partial charge in [-0.25, -0.2) is 9.18 Å². The summed E-state index contributed by atoms with van der Waals surface area (Å²) in [5.41, 5.74) is -1.15. The molecular formula is C13H22FNO3. The second kappa shape index (κ2) is 5.24. The SMILES string of the molecule is CC(C)(C)OC(=O)N1CCC(C)(C(=O)CF)CC1. The van der Waals surface area contributed by atoms with Crippen LogP contribution in [0.4, 0.5) is 9.18 Å². The Kier molecular flexibility index (Phi) is 4.35. The predicted octanol–water partition coefficient (Wildman–Crippen LogP) is 2.56. The average molecular weight is 259 g/mol. The number of Topliss-reactive ketones (excluding diaryl/α,β-unsaturated/α-hetero) is 1. The topological polar surface area (TPSA) is 46.6 Å². The van der Waals surface area contributed by atoms with Crippen LogP contribution in [-0.2, 0) is 9.53 Å². The molecule has 0 N–H and O–H groups in total. The van der Waals surface area contributed by atoms with Crippen molar-refractivity contribution in [3.8, 4) is 0 Å². The molecule has 0 aromatic carbocycles. The van der Waals surface area contributed by atoms with Crippen LogP contribution in [0.1, 0.15) is 40.5 Å². The number of ether oxygens (including phenoxy) is 1. The molecule has 1 fully saturated rings. The maximum absolute atomic E-state index is 12.4. The van der Waals surface area contributed by atoms with Crippen molar-refractivity contribution in [1.29, 1.82) is 0 Å². The molecule has 0 aromatic heterocycles. The maximum atomic E-state index is 12.4. The molecule has 4 nitrogen and oxygen atoms in total. The third kappa shape index (κ3) is 3.68. The van der Waals surface area contributed by atoms with Crippen LogP contribution in [0, 0.1) is 5.41 Å². The molecule has 1 aliphatic heterocycles. The first-order valence-electron chi connectivity index (χ1n) is 6.25. The number of nitrogens with zero attached hydrogens (tertiary/aromatic N) is 1. The van der Waals surface area contributed by atoms with Gasteiger partial charge in [0.25, 0.3) is 0 Å². The Morgan fingerprint density at radius 1 is 1.28 bits per heavy atom. The van der Waals surface area contributed by atoms with Crippen molar-refractivity contribution >= 4 is 11.9 Å². The van der Waals surface area contributed by atoms with Crippen LogP contribution in [0.3, 0.4) is 0 Å². The molecule has 0 aliphatic carbocycles. The van der Waals surface area contributed by atoms with Gasteiger partial charge in [0.05, 0.1) is 0 Å². The largest absolute Gasteiger partial charge is 0.444 e. The standard InChI is InChI=1S/C13H22FNO3/c1-12(2,3)18-11(17)15-7-5-13(4,6-8-15)10(16)9-14/h5-9H2,1-4H3. The van der Waals surface area contributed by atoms with Gasteiger partial charge in [-0.15, -0.1) is 0 Å². The van der Waals surface area contributed by atoms with Gasteiger partial charge in [-0.2, -0.15) is 0 Å². The highest BCUT2D eigenvalue weighted by molar-refractivity contribution is 5.85. The Labute approximate surface area is 107 Å². The van der Waals surface area contributed by atoms with Crippen molar-refractivity contribution in [2.45, 2.75) is 46.1 Å². The number of carbonyl (C=O) groups excluding carboxylic acids is 2. The van der Waals surface area contributed by atoms with Crippen molar-refractivity contribution < 1.29 is 18.7 Å². The number of hydrogen-bond donors (Lipinski definition) is 0. The van der Waals surface area contributed by atoms with Crippen LogP contribution < -0.4 is 0 Å². The predicted molar refractivity (Wildman–Crippen MR) is 66.1 cm³/mol. The first kappa shape index (κ1) is 14.9. The number of carbonyl (C=O) groups is 2. The molecule has 1 rings (SSSR count). The fourth-order valence-electron chi connectivity index (χ4n) is 1.95. The lowest BCUT2D eigenvalue weighted by Gasteiger charge is -2.38. The normalized spacial score (nSPS) is 19.5. The molecule has 104 valence electrons. The van der Waals surface area contributed by atoms with Gasteiger partial charge in [-0.1, -0.05) is 6.92 Å². The van der Waals surface area contributed by atoms with Crippen LogP contribution in [0.25, 0.3) is 0 Å². The van der Waals surface area contributed by atoms with Gasteiger partial charge in [0.2, 0.25) is 0 Å². The third-order valence-corrected chi connectivity index (χ3v) is 3.31. The maximum Gasteiger partial charge on any atom is 0.410 e. The zero-order valence-corrected chi connectivity index (χ0v) is 11.6. The zero-order valence-electron chi connectivity index (χ0n) is 11.6. The fourth-order valence-corrected chi connectivity index (χ4v) is 1.95. The Morgan fingerprint density at radius 2 is 1.78 bits per heavy atom. The molecule has 0 radical (unpaired) electrons. The lowest BCUT2D eigenvalue weighted by Crippen LogP contribution is -2.47. The van der Waals surface area contributed by atoms with Gasteiger partial charge < -0.3 is 9.64 Å². The molecule has 1 aliphatic rings. The first-order chi connectivity index (χ1) is 8.18. The molecule has 1 heterocycles. The summed E-state index contributed by atoms with van der Waals surface area (Å²) >= 11 is 0. The number of ketones is 1. The fraction of sp³-hybridized carbons (Fsp3) is 0.846. The Hall–Kier alpha value is -1.13. The summed E-state index contributed by atoms with van der Waals surface area (Å²) in [7, 11) is 0. The van der Waals surface area contributed by atoms with E-state index in [1.54, 1.807) is 11.8 Å². The molecule has 5 heteroatoms. The number of likely N-dealkylation sites (tertiary alicyclic amines) is 1. The van der Waals surface area contributed by atoms with E-state index in [0.29, 0.717) is 25.9 Å². The van der Waals surface area contributed by atoms with Crippen molar-refractivity contribution in [2.24, 2.45) is 5.41 Å². The van der Waals surface area contributed by atoms with E-state index in [1.807, 2.05) is 20.8 Å². The second-order valence-corrected chi connectivity index (χ2v) is 6.08. The minimum Gasteiger partial charge on any atom is -0.444 e. The average Bonchev–Trinajstić information content (AvgIpc) is 2.26. The molecular weight excluding hydrogens is 237 g/mol. The van der Waals surface area contributed by atoms with E-state index < -0.39 is 17.7 Å². The van der Waals surface area contributed by atoms with E-state index in [1.165, 1.54) is 0 Å². The van der Waals surface area contributed by atoms with E-state index in [4.69, 9.17) is 4.74 Å². The van der Waals surface area contributed by atoms with Crippen LogP contribution >= 0.6 is 0 Å². The minimum absolute atomic E-state index is 0.364. The van der Waals surface area contributed by atoms with Crippen molar-refractivity contribution in [2.75, 3.05) is 19.8 Å². The highest BCUT2D eigenvalue weighted by atomic mass is 19.1. The van der Waals surface area contributed by atoms with E-state index in [2.05, 4.69) is 0 Å². The van der Waals surface area contributed by atoms with Gasteiger partial charge in [-0.3, -0.25) is 4.79 Å². The van der Waals surface area contributed by atoms with Gasteiger partial charge in [0.1, 0.15) is 12.3 Å². The third-order valence-electron chi connectivity index (χ3n) is 3.31. The summed E-state index contributed by atoms with van der Waals surface area (Å²) in [4.78, 5) is 24.9. The Balaban J connectivity index is 2.54. The van der Waals surface area contributed by atoms with E-state index in [-0.39, 0.29) is 11.9 Å². The molecule has 0 saturated carbocycles. The minimum atomic E-state index is -0.928.